The van der Waals surface area contributed by atoms with Crippen LogP contribution in [-0.4, -0.2) is 12.5 Å². The smallest absolute Gasteiger partial charge is 0.258 e. The first-order valence-corrected chi connectivity index (χ1v) is 6.77. The minimum atomic E-state index is -1.13. The number of anilines is 2. The van der Waals surface area contributed by atoms with Crippen molar-refractivity contribution in [3.8, 4) is 0 Å². The molecule has 1 aliphatic heterocycles. The van der Waals surface area contributed by atoms with E-state index in [0.717, 1.165) is 31.1 Å². The van der Waals surface area contributed by atoms with Crippen LogP contribution in [0.1, 0.15) is 22.3 Å². The highest BCUT2D eigenvalue weighted by Crippen LogP contribution is 2.25. The van der Waals surface area contributed by atoms with Gasteiger partial charge in [-0.3, -0.25) is 4.79 Å². The van der Waals surface area contributed by atoms with Crippen molar-refractivity contribution in [3.05, 3.63) is 59.2 Å². The molecule has 1 heterocycles. The quantitative estimate of drug-likeness (QED) is 0.887. The Morgan fingerprint density at radius 3 is 2.90 bits per heavy atom. The average molecular weight is 288 g/mol. The van der Waals surface area contributed by atoms with Gasteiger partial charge in [-0.15, -0.1) is 0 Å². The topological polar surface area (TPSA) is 41.1 Å². The van der Waals surface area contributed by atoms with Gasteiger partial charge in [0, 0.05) is 17.9 Å². The van der Waals surface area contributed by atoms with Crippen molar-refractivity contribution >= 4 is 17.3 Å². The molecule has 3 nitrogen and oxygen atoms in total. The molecule has 0 atom stereocenters. The maximum Gasteiger partial charge on any atom is 0.258 e. The Hall–Kier alpha value is -2.43. The molecule has 2 aromatic rings. The molecule has 108 valence electrons. The third-order valence-electron chi connectivity index (χ3n) is 3.50. The summed E-state index contributed by atoms with van der Waals surface area (Å²) in [6, 6.07) is 9.05. The highest BCUT2D eigenvalue weighted by molar-refractivity contribution is 6.04. The second kappa shape index (κ2) is 5.52. The standard InChI is InChI=1S/C16H14F2N2O/c17-13-5-1-4-12(15(13)18)16(21)20-11-7-6-10-3-2-8-19-14(10)9-11/h1,4-7,9,19H,2-3,8H2,(H,20,21). The summed E-state index contributed by atoms with van der Waals surface area (Å²) in [4.78, 5) is 12.0. The number of hydrogen-bond acceptors (Lipinski definition) is 2. The molecule has 0 aliphatic carbocycles. The van der Waals surface area contributed by atoms with Crippen molar-refractivity contribution < 1.29 is 13.6 Å². The molecule has 0 saturated heterocycles. The average Bonchev–Trinajstić information content (AvgIpc) is 2.50. The lowest BCUT2D eigenvalue weighted by Gasteiger charge is -2.19. The highest BCUT2D eigenvalue weighted by Gasteiger charge is 2.16. The Kier molecular flexibility index (Phi) is 3.56. The number of carbonyl (C=O) groups is 1. The molecular weight excluding hydrogens is 274 g/mol. The number of fused-ring (bicyclic) bond motifs is 1. The van der Waals surface area contributed by atoms with Crippen LogP contribution in [-0.2, 0) is 6.42 Å². The van der Waals surface area contributed by atoms with E-state index in [1.807, 2.05) is 12.1 Å². The zero-order valence-corrected chi connectivity index (χ0v) is 11.2. The van der Waals surface area contributed by atoms with Crippen LogP contribution in [0.25, 0.3) is 0 Å². The minimum Gasteiger partial charge on any atom is -0.385 e. The normalized spacial score (nSPS) is 13.2. The lowest BCUT2D eigenvalue weighted by atomic mass is 10.0. The van der Waals surface area contributed by atoms with Gasteiger partial charge in [-0.05, 0) is 42.7 Å². The molecule has 0 bridgehead atoms. The van der Waals surface area contributed by atoms with Crippen molar-refractivity contribution in [3.63, 3.8) is 0 Å². The molecule has 0 saturated carbocycles. The number of halogens is 2. The van der Waals surface area contributed by atoms with E-state index in [1.165, 1.54) is 17.7 Å². The summed E-state index contributed by atoms with van der Waals surface area (Å²) in [6.45, 7) is 0.892. The molecule has 1 amide bonds. The Morgan fingerprint density at radius 2 is 2.05 bits per heavy atom. The fourth-order valence-electron chi connectivity index (χ4n) is 2.42. The molecule has 3 rings (SSSR count). The maximum absolute atomic E-state index is 13.6. The molecule has 0 spiro atoms. The second-order valence-corrected chi connectivity index (χ2v) is 4.96. The third-order valence-corrected chi connectivity index (χ3v) is 3.50. The zero-order chi connectivity index (χ0) is 14.8. The molecule has 1 aliphatic rings. The van der Waals surface area contributed by atoms with Crippen molar-refractivity contribution in [1.29, 1.82) is 0 Å². The van der Waals surface area contributed by atoms with Crippen molar-refractivity contribution in [2.75, 3.05) is 17.2 Å². The highest BCUT2D eigenvalue weighted by atomic mass is 19.2. The largest absolute Gasteiger partial charge is 0.385 e. The van der Waals surface area contributed by atoms with E-state index >= 15 is 0 Å². The Balaban J connectivity index is 1.83. The SMILES string of the molecule is O=C(Nc1ccc2c(c1)NCCC2)c1cccc(F)c1F. The van der Waals surface area contributed by atoms with Gasteiger partial charge < -0.3 is 10.6 Å². The first-order valence-electron chi connectivity index (χ1n) is 6.77. The number of rotatable bonds is 2. The van der Waals surface area contributed by atoms with Gasteiger partial charge in [-0.2, -0.15) is 0 Å². The third kappa shape index (κ3) is 2.72. The molecule has 2 aromatic carbocycles. The number of amides is 1. The van der Waals surface area contributed by atoms with E-state index in [9.17, 15) is 13.6 Å². The zero-order valence-electron chi connectivity index (χ0n) is 11.2. The predicted molar refractivity (Wildman–Crippen MR) is 77.6 cm³/mol. The number of benzene rings is 2. The number of aryl methyl sites for hydroxylation is 1. The van der Waals surface area contributed by atoms with Gasteiger partial charge in [0.2, 0.25) is 0 Å². The van der Waals surface area contributed by atoms with E-state index in [4.69, 9.17) is 0 Å². The Labute approximate surface area is 121 Å². The van der Waals surface area contributed by atoms with Crippen LogP contribution in [0, 0.1) is 11.6 Å². The van der Waals surface area contributed by atoms with E-state index in [-0.39, 0.29) is 5.56 Å². The fraction of sp³-hybridized carbons (Fsp3) is 0.188. The summed E-state index contributed by atoms with van der Waals surface area (Å²) in [5.41, 5.74) is 2.41. The van der Waals surface area contributed by atoms with E-state index in [0.29, 0.717) is 5.69 Å². The van der Waals surface area contributed by atoms with E-state index in [1.54, 1.807) is 6.07 Å². The van der Waals surface area contributed by atoms with Gasteiger partial charge >= 0.3 is 0 Å². The second-order valence-electron chi connectivity index (χ2n) is 4.96. The van der Waals surface area contributed by atoms with Crippen LogP contribution in [0.5, 0.6) is 0 Å². The summed E-state index contributed by atoms with van der Waals surface area (Å²) in [7, 11) is 0. The van der Waals surface area contributed by atoms with Gasteiger partial charge in [0.25, 0.3) is 5.91 Å². The van der Waals surface area contributed by atoms with Crippen molar-refractivity contribution in [2.45, 2.75) is 12.8 Å². The van der Waals surface area contributed by atoms with Crippen LogP contribution in [0.4, 0.5) is 20.2 Å². The minimum absolute atomic E-state index is 0.305. The predicted octanol–water partition coefficient (Wildman–Crippen LogP) is 3.58. The fourth-order valence-corrected chi connectivity index (χ4v) is 2.42. The number of nitrogens with one attached hydrogen (secondary N) is 2. The lowest BCUT2D eigenvalue weighted by Crippen LogP contribution is -2.16. The first-order chi connectivity index (χ1) is 10.1. The molecule has 21 heavy (non-hydrogen) atoms. The summed E-state index contributed by atoms with van der Waals surface area (Å²) < 4.78 is 26.7. The summed E-state index contributed by atoms with van der Waals surface area (Å²) >= 11 is 0. The van der Waals surface area contributed by atoms with Gasteiger partial charge in [-0.25, -0.2) is 8.78 Å². The molecular formula is C16H14F2N2O. The first kappa shape index (κ1) is 13.5. The molecule has 0 radical (unpaired) electrons. The molecule has 0 aromatic heterocycles. The monoisotopic (exact) mass is 288 g/mol. The van der Waals surface area contributed by atoms with E-state index < -0.39 is 17.5 Å². The van der Waals surface area contributed by atoms with Crippen molar-refractivity contribution in [1.82, 2.24) is 0 Å². The van der Waals surface area contributed by atoms with Crippen LogP contribution in [0.2, 0.25) is 0 Å². The van der Waals surface area contributed by atoms with Crippen LogP contribution < -0.4 is 10.6 Å². The van der Waals surface area contributed by atoms with E-state index in [2.05, 4.69) is 10.6 Å². The molecule has 5 heteroatoms. The molecule has 0 fully saturated rings. The summed E-state index contributed by atoms with van der Waals surface area (Å²) in [6.07, 6.45) is 2.07. The lowest BCUT2D eigenvalue weighted by molar-refractivity contribution is 0.102. The van der Waals surface area contributed by atoms with Crippen LogP contribution in [0.3, 0.4) is 0 Å². The van der Waals surface area contributed by atoms with Gasteiger partial charge in [0.1, 0.15) is 0 Å². The maximum atomic E-state index is 13.6. The Morgan fingerprint density at radius 1 is 1.19 bits per heavy atom. The number of hydrogen-bond donors (Lipinski definition) is 2. The summed E-state index contributed by atoms with van der Waals surface area (Å²) in [5, 5.41) is 5.84. The Bertz CT molecular complexity index is 701. The van der Waals surface area contributed by atoms with Crippen molar-refractivity contribution in [2.24, 2.45) is 0 Å². The van der Waals surface area contributed by atoms with Gasteiger partial charge in [-0.1, -0.05) is 12.1 Å². The number of carbonyl (C=O) groups excluding carboxylic acids is 1. The summed E-state index contributed by atoms with van der Waals surface area (Å²) in [5.74, 6) is -2.83. The molecule has 0 unspecified atom stereocenters. The molecule has 2 N–H and O–H groups in total. The van der Waals surface area contributed by atoms with Crippen LogP contribution >= 0.6 is 0 Å². The van der Waals surface area contributed by atoms with Crippen LogP contribution in [0.15, 0.2) is 36.4 Å². The van der Waals surface area contributed by atoms with Gasteiger partial charge in [0.15, 0.2) is 11.6 Å². The van der Waals surface area contributed by atoms with Gasteiger partial charge in [0.05, 0.1) is 5.56 Å².